The molecule has 0 aromatic heterocycles. The molecule has 1 aliphatic heterocycles. The molecule has 0 bridgehead atoms. The third-order valence-corrected chi connectivity index (χ3v) is 5.76. The van der Waals surface area contributed by atoms with Crippen molar-refractivity contribution in [1.29, 1.82) is 0 Å². The Hall–Kier alpha value is -1.10. The quantitative estimate of drug-likeness (QED) is 0.750. The second-order valence-electron chi connectivity index (χ2n) is 7.40. The van der Waals surface area contributed by atoms with Crippen LogP contribution in [0.2, 0.25) is 0 Å². The second-order valence-corrected chi connectivity index (χ2v) is 7.40. The maximum Gasteiger partial charge on any atom is 0.220 e. The maximum atomic E-state index is 12.6. The van der Waals surface area contributed by atoms with Crippen molar-refractivity contribution in [2.75, 3.05) is 13.1 Å². The largest absolute Gasteiger partial charge is 0.389 e. The number of benzene rings is 1. The Balaban J connectivity index is 0.00000225. The highest BCUT2D eigenvalue weighted by Gasteiger charge is 2.42. The summed E-state index contributed by atoms with van der Waals surface area (Å²) in [6, 6.07) is 9.93. The van der Waals surface area contributed by atoms with Gasteiger partial charge in [-0.15, -0.1) is 12.4 Å². The number of hydrogen-bond donors (Lipinski definition) is 3. The number of piperidine rings is 1. The molecule has 1 amide bonds. The van der Waals surface area contributed by atoms with Crippen LogP contribution in [0.4, 0.5) is 0 Å². The van der Waals surface area contributed by atoms with Crippen molar-refractivity contribution in [3.05, 3.63) is 35.9 Å². The molecule has 1 heterocycles. The van der Waals surface area contributed by atoms with E-state index < -0.39 is 11.6 Å². The summed E-state index contributed by atoms with van der Waals surface area (Å²) >= 11 is 0. The Morgan fingerprint density at radius 2 is 1.92 bits per heavy atom. The van der Waals surface area contributed by atoms with Crippen molar-refractivity contribution in [1.82, 2.24) is 10.6 Å². The number of amides is 1. The summed E-state index contributed by atoms with van der Waals surface area (Å²) in [5.74, 6) is 0.778. The van der Waals surface area contributed by atoms with Gasteiger partial charge < -0.3 is 15.7 Å². The van der Waals surface area contributed by atoms with Gasteiger partial charge in [-0.25, -0.2) is 0 Å². The molecule has 3 rings (SSSR count). The molecular formula is C20H31ClN2O2. The van der Waals surface area contributed by atoms with E-state index in [0.717, 1.165) is 18.5 Å². The van der Waals surface area contributed by atoms with Gasteiger partial charge in [0.15, 0.2) is 0 Å². The Morgan fingerprint density at radius 1 is 1.20 bits per heavy atom. The molecule has 140 valence electrons. The van der Waals surface area contributed by atoms with Crippen LogP contribution < -0.4 is 10.6 Å². The lowest BCUT2D eigenvalue weighted by molar-refractivity contribution is -0.126. The molecule has 2 aliphatic rings. The first kappa shape index (κ1) is 20.2. The van der Waals surface area contributed by atoms with Gasteiger partial charge in [0.25, 0.3) is 0 Å². The minimum atomic E-state index is -0.657. The van der Waals surface area contributed by atoms with Gasteiger partial charge in [-0.3, -0.25) is 4.79 Å². The number of aliphatic hydroxyl groups is 1. The molecule has 0 unspecified atom stereocenters. The van der Waals surface area contributed by atoms with Crippen LogP contribution in [0.15, 0.2) is 30.3 Å². The number of β-amino-alcohol motifs (C(OH)–C–C–N with tert-alkyl or cyclic N) is 1. The number of halogens is 1. The molecule has 1 aromatic carbocycles. The molecule has 2 fully saturated rings. The smallest absolute Gasteiger partial charge is 0.220 e. The second kappa shape index (κ2) is 9.56. The van der Waals surface area contributed by atoms with Crippen LogP contribution in [0, 0.1) is 5.92 Å². The Morgan fingerprint density at radius 3 is 2.60 bits per heavy atom. The molecule has 0 radical (unpaired) electrons. The van der Waals surface area contributed by atoms with Gasteiger partial charge in [0.2, 0.25) is 5.91 Å². The van der Waals surface area contributed by atoms with E-state index in [9.17, 15) is 9.90 Å². The topological polar surface area (TPSA) is 61.4 Å². The van der Waals surface area contributed by atoms with Gasteiger partial charge >= 0.3 is 0 Å². The van der Waals surface area contributed by atoms with Gasteiger partial charge in [0, 0.05) is 13.0 Å². The number of carbonyl (C=O) groups excluding carboxylic acids is 1. The van der Waals surface area contributed by atoms with Crippen LogP contribution in [0.3, 0.4) is 0 Å². The molecule has 1 saturated heterocycles. The summed E-state index contributed by atoms with van der Waals surface area (Å²) in [4.78, 5) is 12.6. The van der Waals surface area contributed by atoms with E-state index in [1.165, 1.54) is 32.1 Å². The number of rotatable bonds is 5. The summed E-state index contributed by atoms with van der Waals surface area (Å²) in [6.07, 6.45) is 8.16. The molecule has 2 atom stereocenters. The average molecular weight is 367 g/mol. The molecule has 1 saturated carbocycles. The monoisotopic (exact) mass is 366 g/mol. The molecule has 1 aliphatic carbocycles. The third kappa shape index (κ3) is 4.96. The van der Waals surface area contributed by atoms with Crippen molar-refractivity contribution >= 4 is 18.3 Å². The zero-order valence-corrected chi connectivity index (χ0v) is 15.7. The highest BCUT2D eigenvalue weighted by molar-refractivity contribution is 5.85. The third-order valence-electron chi connectivity index (χ3n) is 5.76. The Bertz CT molecular complexity index is 534. The number of hydrogen-bond acceptors (Lipinski definition) is 3. The normalized spacial score (nSPS) is 27.3. The van der Waals surface area contributed by atoms with E-state index in [4.69, 9.17) is 0 Å². The molecule has 25 heavy (non-hydrogen) atoms. The Kier molecular flexibility index (Phi) is 7.73. The van der Waals surface area contributed by atoms with Crippen LogP contribution in [0.1, 0.15) is 56.9 Å². The predicted octanol–water partition coefficient (Wildman–Crippen LogP) is 3.13. The minimum absolute atomic E-state index is 0. The lowest BCUT2D eigenvalue weighted by atomic mass is 9.79. The fourth-order valence-electron chi connectivity index (χ4n) is 4.28. The number of nitrogens with one attached hydrogen (secondary N) is 2. The summed E-state index contributed by atoms with van der Waals surface area (Å²) in [6.45, 7) is 1.31. The first-order valence-corrected chi connectivity index (χ1v) is 9.46. The van der Waals surface area contributed by atoms with Gasteiger partial charge in [-0.05, 0) is 30.9 Å². The molecule has 1 aromatic rings. The van der Waals surface area contributed by atoms with E-state index >= 15 is 0 Å². The average Bonchev–Trinajstić information content (AvgIpc) is 2.64. The van der Waals surface area contributed by atoms with Crippen LogP contribution >= 0.6 is 12.4 Å². The van der Waals surface area contributed by atoms with Gasteiger partial charge in [-0.1, -0.05) is 62.4 Å². The summed E-state index contributed by atoms with van der Waals surface area (Å²) in [7, 11) is 0. The summed E-state index contributed by atoms with van der Waals surface area (Å²) < 4.78 is 0. The fraction of sp³-hybridized carbons (Fsp3) is 0.650. The molecule has 4 nitrogen and oxygen atoms in total. The Labute approximate surface area is 157 Å². The number of carbonyl (C=O) groups is 1. The van der Waals surface area contributed by atoms with Gasteiger partial charge in [0.05, 0.1) is 11.6 Å². The minimum Gasteiger partial charge on any atom is -0.389 e. The summed E-state index contributed by atoms with van der Waals surface area (Å²) in [5, 5.41) is 17.1. The first-order chi connectivity index (χ1) is 11.7. The molecule has 3 N–H and O–H groups in total. The van der Waals surface area contributed by atoms with Crippen molar-refractivity contribution < 1.29 is 9.90 Å². The fourth-order valence-corrected chi connectivity index (χ4v) is 4.28. The highest BCUT2D eigenvalue weighted by Crippen LogP contribution is 2.32. The van der Waals surface area contributed by atoms with Crippen molar-refractivity contribution in [3.63, 3.8) is 0 Å². The predicted molar refractivity (Wildman–Crippen MR) is 103 cm³/mol. The van der Waals surface area contributed by atoms with E-state index in [-0.39, 0.29) is 18.3 Å². The zero-order valence-electron chi connectivity index (χ0n) is 14.9. The molecular weight excluding hydrogens is 336 g/mol. The van der Waals surface area contributed by atoms with Crippen LogP contribution in [0.25, 0.3) is 0 Å². The highest BCUT2D eigenvalue weighted by atomic mass is 35.5. The van der Waals surface area contributed by atoms with Crippen LogP contribution in [0.5, 0.6) is 0 Å². The van der Waals surface area contributed by atoms with Gasteiger partial charge in [-0.2, -0.15) is 0 Å². The van der Waals surface area contributed by atoms with E-state index in [1.807, 2.05) is 30.3 Å². The van der Waals surface area contributed by atoms with E-state index in [1.54, 1.807) is 0 Å². The molecule has 0 spiro atoms. The van der Waals surface area contributed by atoms with Crippen molar-refractivity contribution in [2.24, 2.45) is 5.92 Å². The van der Waals surface area contributed by atoms with E-state index in [2.05, 4.69) is 10.6 Å². The number of aliphatic hydroxyl groups excluding tert-OH is 1. The van der Waals surface area contributed by atoms with Crippen LogP contribution in [-0.4, -0.2) is 30.2 Å². The van der Waals surface area contributed by atoms with Crippen molar-refractivity contribution in [3.8, 4) is 0 Å². The lowest BCUT2D eigenvalue weighted by Gasteiger charge is -2.43. The molecule has 5 heteroatoms. The van der Waals surface area contributed by atoms with Crippen molar-refractivity contribution in [2.45, 2.75) is 63.0 Å². The zero-order chi connectivity index (χ0) is 16.8. The summed E-state index contributed by atoms with van der Waals surface area (Å²) in [5.41, 5.74) is 0.348. The SMILES string of the molecule is Cl.O=C(CCC1CCCCC1)N[C@]1(c2ccccc2)CCNC[C@H]1O. The standard InChI is InChI=1S/C20H30N2O2.ClH/c23-18-15-21-14-13-20(18,17-9-5-2-6-10-17)22-19(24)12-11-16-7-3-1-4-8-16;/h2,5-6,9-10,16,18,21,23H,1,3-4,7-8,11-15H2,(H,22,24);1H/t18-,20+;/m1./s1. The van der Waals surface area contributed by atoms with Gasteiger partial charge in [0.1, 0.15) is 0 Å². The maximum absolute atomic E-state index is 12.6. The first-order valence-electron chi connectivity index (χ1n) is 9.46. The lowest BCUT2D eigenvalue weighted by Crippen LogP contribution is -2.61. The van der Waals surface area contributed by atoms with E-state index in [0.29, 0.717) is 25.3 Å². The van der Waals surface area contributed by atoms with Crippen LogP contribution in [-0.2, 0) is 10.3 Å².